The molecule has 0 fully saturated rings. The molecule has 1 N–H and O–H groups in total. The van der Waals surface area contributed by atoms with Gasteiger partial charge in [0.2, 0.25) is 10.0 Å². The topological polar surface area (TPSA) is 94.2 Å². The number of benzene rings is 1. The Bertz CT molecular complexity index is 1100. The van der Waals surface area contributed by atoms with Gasteiger partial charge in [-0.1, -0.05) is 0 Å². The lowest BCUT2D eigenvalue weighted by Gasteiger charge is -2.09. The van der Waals surface area contributed by atoms with Crippen LogP contribution in [-0.2, 0) is 16.6 Å². The summed E-state index contributed by atoms with van der Waals surface area (Å²) in [5.74, 6) is -1.42. The van der Waals surface area contributed by atoms with Gasteiger partial charge in [0.25, 0.3) is 5.56 Å². The number of nitrogens with one attached hydrogen (secondary N) is 1. The standard InChI is InChI=1S/C17H15F2N3O4S/c18-12-4-5-13(19)16(11-12)27(24,25)20-8-2-9-22-17(23)7-6-14(21-22)15-3-1-10-26-15/h1,3-7,10-11,20H,2,8-9H2. The average molecular weight is 395 g/mol. The van der Waals surface area contributed by atoms with Crippen molar-refractivity contribution >= 4 is 10.0 Å². The maximum atomic E-state index is 13.6. The fourth-order valence-corrected chi connectivity index (χ4v) is 3.52. The van der Waals surface area contributed by atoms with Crippen LogP contribution in [0.1, 0.15) is 6.42 Å². The molecule has 3 rings (SSSR count). The van der Waals surface area contributed by atoms with Crippen molar-refractivity contribution in [3.63, 3.8) is 0 Å². The highest BCUT2D eigenvalue weighted by Gasteiger charge is 2.19. The molecule has 0 unspecified atom stereocenters. The lowest BCUT2D eigenvalue weighted by atomic mass is 10.3. The van der Waals surface area contributed by atoms with Gasteiger partial charge in [0.15, 0.2) is 5.76 Å². The van der Waals surface area contributed by atoms with Crippen LogP contribution in [0, 0.1) is 11.6 Å². The smallest absolute Gasteiger partial charge is 0.266 e. The molecule has 0 bridgehead atoms. The molecule has 0 amide bonds. The van der Waals surface area contributed by atoms with Gasteiger partial charge in [-0.05, 0) is 42.8 Å². The van der Waals surface area contributed by atoms with E-state index < -0.39 is 26.6 Å². The van der Waals surface area contributed by atoms with Gasteiger partial charge < -0.3 is 4.42 Å². The molecule has 7 nitrogen and oxygen atoms in total. The quantitative estimate of drug-likeness (QED) is 0.619. The second kappa shape index (κ2) is 7.80. The number of rotatable bonds is 7. The first-order chi connectivity index (χ1) is 12.9. The molecule has 0 saturated heterocycles. The zero-order chi connectivity index (χ0) is 19.4. The third kappa shape index (κ3) is 4.47. The van der Waals surface area contributed by atoms with Crippen molar-refractivity contribution in [3.05, 3.63) is 70.7 Å². The largest absolute Gasteiger partial charge is 0.463 e. The molecule has 0 saturated carbocycles. The summed E-state index contributed by atoms with van der Waals surface area (Å²) in [5.41, 5.74) is 0.103. The third-order valence-electron chi connectivity index (χ3n) is 3.66. The van der Waals surface area contributed by atoms with Crippen LogP contribution in [0.15, 0.2) is 62.8 Å². The van der Waals surface area contributed by atoms with Crippen molar-refractivity contribution in [1.29, 1.82) is 0 Å². The number of halogens is 2. The SMILES string of the molecule is O=c1ccc(-c2ccco2)nn1CCCNS(=O)(=O)c1cc(F)ccc1F. The van der Waals surface area contributed by atoms with Gasteiger partial charge in [-0.15, -0.1) is 0 Å². The van der Waals surface area contributed by atoms with Crippen molar-refractivity contribution in [2.45, 2.75) is 17.9 Å². The van der Waals surface area contributed by atoms with E-state index in [2.05, 4.69) is 9.82 Å². The first-order valence-electron chi connectivity index (χ1n) is 7.93. The van der Waals surface area contributed by atoms with Crippen LogP contribution in [-0.4, -0.2) is 24.7 Å². The summed E-state index contributed by atoms with van der Waals surface area (Å²) in [4.78, 5) is 11.1. The molecule has 0 aliphatic rings. The van der Waals surface area contributed by atoms with E-state index in [1.165, 1.54) is 23.1 Å². The van der Waals surface area contributed by atoms with Gasteiger partial charge in [-0.3, -0.25) is 4.79 Å². The fraction of sp³-hybridized carbons (Fsp3) is 0.176. The van der Waals surface area contributed by atoms with Crippen LogP contribution in [0.2, 0.25) is 0 Å². The van der Waals surface area contributed by atoms with E-state index in [9.17, 15) is 22.0 Å². The highest BCUT2D eigenvalue weighted by Crippen LogP contribution is 2.16. The fourth-order valence-electron chi connectivity index (χ4n) is 2.36. The average Bonchev–Trinajstić information content (AvgIpc) is 3.16. The van der Waals surface area contributed by atoms with Crippen LogP contribution < -0.4 is 10.3 Å². The summed E-state index contributed by atoms with van der Waals surface area (Å²) in [7, 11) is -4.21. The molecule has 3 aromatic rings. The Balaban J connectivity index is 1.64. The lowest BCUT2D eigenvalue weighted by Crippen LogP contribution is -2.28. The third-order valence-corrected chi connectivity index (χ3v) is 5.14. The number of furan rings is 1. The van der Waals surface area contributed by atoms with Gasteiger partial charge in [0, 0.05) is 19.2 Å². The van der Waals surface area contributed by atoms with Gasteiger partial charge in [-0.25, -0.2) is 26.6 Å². The number of hydrogen-bond acceptors (Lipinski definition) is 5. The molecule has 2 aromatic heterocycles. The predicted molar refractivity (Wildman–Crippen MR) is 92.4 cm³/mol. The van der Waals surface area contributed by atoms with E-state index in [0.717, 1.165) is 12.1 Å². The number of nitrogens with zero attached hydrogens (tertiary/aromatic N) is 2. The number of aromatic nitrogens is 2. The molecule has 2 heterocycles. The highest BCUT2D eigenvalue weighted by atomic mass is 32.2. The minimum atomic E-state index is -4.21. The van der Waals surface area contributed by atoms with Crippen LogP contribution in [0.5, 0.6) is 0 Å². The number of aryl methyl sites for hydroxylation is 1. The molecular weight excluding hydrogens is 380 g/mol. The summed E-state index contributed by atoms with van der Waals surface area (Å²) in [6, 6.07) is 8.42. The molecule has 142 valence electrons. The number of sulfonamides is 1. The second-order valence-corrected chi connectivity index (χ2v) is 7.32. The Morgan fingerprint density at radius 3 is 2.70 bits per heavy atom. The van der Waals surface area contributed by atoms with Crippen LogP contribution in [0.3, 0.4) is 0 Å². The maximum absolute atomic E-state index is 13.6. The Kier molecular flexibility index (Phi) is 5.47. The molecule has 0 radical (unpaired) electrons. The zero-order valence-electron chi connectivity index (χ0n) is 13.9. The minimum Gasteiger partial charge on any atom is -0.463 e. The highest BCUT2D eigenvalue weighted by molar-refractivity contribution is 7.89. The van der Waals surface area contributed by atoms with E-state index in [1.54, 1.807) is 12.1 Å². The Hall–Kier alpha value is -2.85. The normalized spacial score (nSPS) is 11.6. The summed E-state index contributed by atoms with van der Waals surface area (Å²) in [5, 5.41) is 4.16. The van der Waals surface area contributed by atoms with E-state index in [4.69, 9.17) is 4.42 Å². The van der Waals surface area contributed by atoms with E-state index in [-0.39, 0.29) is 25.1 Å². The second-order valence-electron chi connectivity index (χ2n) is 5.58. The van der Waals surface area contributed by atoms with Gasteiger partial charge in [0.05, 0.1) is 6.26 Å². The van der Waals surface area contributed by atoms with E-state index in [1.807, 2.05) is 0 Å². The summed E-state index contributed by atoms with van der Waals surface area (Å²) in [6.45, 7) is 0.0406. The Morgan fingerprint density at radius 1 is 1.15 bits per heavy atom. The Morgan fingerprint density at radius 2 is 1.96 bits per heavy atom. The van der Waals surface area contributed by atoms with Gasteiger partial charge >= 0.3 is 0 Å². The van der Waals surface area contributed by atoms with Crippen LogP contribution in [0.25, 0.3) is 11.5 Å². The molecular formula is C17H15F2N3O4S. The zero-order valence-corrected chi connectivity index (χ0v) is 14.7. The first kappa shape index (κ1) is 18.9. The maximum Gasteiger partial charge on any atom is 0.266 e. The monoisotopic (exact) mass is 395 g/mol. The van der Waals surface area contributed by atoms with Crippen LogP contribution >= 0.6 is 0 Å². The van der Waals surface area contributed by atoms with E-state index >= 15 is 0 Å². The van der Waals surface area contributed by atoms with Crippen molar-refractivity contribution in [1.82, 2.24) is 14.5 Å². The summed E-state index contributed by atoms with van der Waals surface area (Å²) < 4.78 is 59.5. The molecule has 1 aromatic carbocycles. The van der Waals surface area contributed by atoms with Crippen molar-refractivity contribution in [3.8, 4) is 11.5 Å². The van der Waals surface area contributed by atoms with Crippen molar-refractivity contribution in [2.75, 3.05) is 6.54 Å². The van der Waals surface area contributed by atoms with Gasteiger partial charge in [0.1, 0.15) is 22.2 Å². The molecule has 0 atom stereocenters. The molecule has 0 aliphatic carbocycles. The molecule has 0 aliphatic heterocycles. The summed E-state index contributed by atoms with van der Waals surface area (Å²) >= 11 is 0. The van der Waals surface area contributed by atoms with Crippen molar-refractivity contribution < 1.29 is 21.6 Å². The van der Waals surface area contributed by atoms with Gasteiger partial charge in [-0.2, -0.15) is 5.10 Å². The summed E-state index contributed by atoms with van der Waals surface area (Å²) in [6.07, 6.45) is 1.69. The Labute approximate surface area is 153 Å². The van der Waals surface area contributed by atoms with Crippen molar-refractivity contribution in [2.24, 2.45) is 0 Å². The lowest BCUT2D eigenvalue weighted by molar-refractivity contribution is 0.523. The van der Waals surface area contributed by atoms with Crippen LogP contribution in [0.4, 0.5) is 8.78 Å². The minimum absolute atomic E-state index is 0.0859. The predicted octanol–water partition coefficient (Wildman–Crippen LogP) is 2.15. The molecule has 27 heavy (non-hydrogen) atoms. The van der Waals surface area contributed by atoms with E-state index in [0.29, 0.717) is 17.5 Å². The first-order valence-corrected chi connectivity index (χ1v) is 9.42. The number of hydrogen-bond donors (Lipinski definition) is 1. The molecule has 0 spiro atoms. The molecule has 10 heteroatoms.